The smallest absolute Gasteiger partial charge is 0.383 e. The fourth-order valence-corrected chi connectivity index (χ4v) is 4.03. The Morgan fingerprint density at radius 3 is 2.00 bits per heavy atom. The van der Waals surface area contributed by atoms with Gasteiger partial charge in [0.15, 0.2) is 0 Å². The molecule has 2 bridgehead atoms. The lowest BCUT2D eigenvalue weighted by molar-refractivity contribution is -0.484. The van der Waals surface area contributed by atoms with Gasteiger partial charge in [-0.25, -0.2) is 0 Å². The first kappa shape index (κ1) is 20.1. The van der Waals surface area contributed by atoms with E-state index in [-0.39, 0.29) is 18.8 Å². The van der Waals surface area contributed by atoms with Crippen LogP contribution in [0.5, 0.6) is 0 Å². The molecule has 1 saturated heterocycles. The predicted molar refractivity (Wildman–Crippen MR) is 80.4 cm³/mol. The molecular weight excluding hydrogens is 351 g/mol. The molecule has 0 radical (unpaired) electrons. The van der Waals surface area contributed by atoms with E-state index in [1.54, 1.807) is 0 Å². The summed E-state index contributed by atoms with van der Waals surface area (Å²) in [5, 5.41) is 19.6. The second-order valence-corrected chi connectivity index (χ2v) is 14.7. The van der Waals surface area contributed by atoms with Crippen LogP contribution in [0.2, 0.25) is 26.2 Å². The molecule has 2 saturated carbocycles. The van der Waals surface area contributed by atoms with Crippen molar-refractivity contribution in [3.8, 4) is 0 Å². The van der Waals surface area contributed by atoms with Gasteiger partial charge in [-0.15, -0.1) is 0 Å². The molecule has 0 aromatic rings. The van der Waals surface area contributed by atoms with Gasteiger partial charge in [0, 0.05) is 14.0 Å². The standard InChI is InChI=1S/C11H13F5O3.C4H12Si/c12-9(13)8(17)6-2-1-5(3-6)7(8)4-19-10(9,18)11(14,15)16;1-5(2,3)4/h5-7,17-18H,1-4H2;1-4H3. The number of hydrogen-bond acceptors (Lipinski definition) is 3. The Labute approximate surface area is 139 Å². The van der Waals surface area contributed by atoms with E-state index < -0.39 is 50.0 Å². The molecule has 0 aromatic heterocycles. The van der Waals surface area contributed by atoms with Gasteiger partial charge in [0.1, 0.15) is 5.60 Å². The molecule has 2 aliphatic carbocycles. The lowest BCUT2D eigenvalue weighted by atomic mass is 9.68. The number of fused-ring (bicyclic) bond motifs is 5. The Kier molecular flexibility index (Phi) is 4.70. The van der Waals surface area contributed by atoms with Crippen molar-refractivity contribution in [2.45, 2.75) is 68.9 Å². The van der Waals surface area contributed by atoms with Crippen molar-refractivity contribution in [2.24, 2.45) is 17.8 Å². The Morgan fingerprint density at radius 2 is 1.54 bits per heavy atom. The maximum absolute atomic E-state index is 14.2. The van der Waals surface area contributed by atoms with Crippen LogP contribution in [-0.4, -0.2) is 48.4 Å². The molecule has 5 unspecified atom stereocenters. The topological polar surface area (TPSA) is 49.7 Å². The lowest BCUT2D eigenvalue weighted by Gasteiger charge is -2.54. The maximum atomic E-state index is 14.2. The first-order valence-corrected chi connectivity index (χ1v) is 12.1. The molecule has 3 rings (SSSR count). The third kappa shape index (κ3) is 2.81. The average molecular weight is 376 g/mol. The van der Waals surface area contributed by atoms with Crippen LogP contribution in [0.3, 0.4) is 0 Å². The van der Waals surface area contributed by atoms with Gasteiger partial charge >= 0.3 is 17.9 Å². The average Bonchev–Trinajstić information content (AvgIpc) is 2.92. The van der Waals surface area contributed by atoms with Crippen molar-refractivity contribution in [1.29, 1.82) is 0 Å². The van der Waals surface area contributed by atoms with E-state index in [0.717, 1.165) is 0 Å². The summed E-state index contributed by atoms with van der Waals surface area (Å²) in [6.07, 6.45) is -4.56. The molecule has 0 amide bonds. The Bertz CT molecular complexity index is 486. The van der Waals surface area contributed by atoms with E-state index in [1.165, 1.54) is 0 Å². The van der Waals surface area contributed by atoms with E-state index >= 15 is 0 Å². The zero-order valence-corrected chi connectivity index (χ0v) is 15.3. The van der Waals surface area contributed by atoms with E-state index in [2.05, 4.69) is 30.9 Å². The largest absolute Gasteiger partial charge is 0.449 e. The van der Waals surface area contributed by atoms with Gasteiger partial charge in [-0.05, 0) is 31.1 Å². The zero-order chi connectivity index (χ0) is 18.8. The molecule has 24 heavy (non-hydrogen) atoms. The summed E-state index contributed by atoms with van der Waals surface area (Å²) in [5.74, 6) is -11.6. The normalized spacial score (nSPS) is 43.9. The first-order valence-electron chi connectivity index (χ1n) is 8.09. The predicted octanol–water partition coefficient (Wildman–Crippen LogP) is 3.63. The Morgan fingerprint density at radius 1 is 1.04 bits per heavy atom. The van der Waals surface area contributed by atoms with Crippen LogP contribution in [-0.2, 0) is 4.74 Å². The van der Waals surface area contributed by atoms with E-state index in [9.17, 15) is 32.2 Å². The summed E-state index contributed by atoms with van der Waals surface area (Å²) in [4.78, 5) is 0. The number of aliphatic hydroxyl groups is 2. The number of halogens is 5. The summed E-state index contributed by atoms with van der Waals surface area (Å²) in [6.45, 7) is 8.60. The summed E-state index contributed by atoms with van der Waals surface area (Å²) < 4.78 is 70.7. The van der Waals surface area contributed by atoms with Crippen molar-refractivity contribution in [3.63, 3.8) is 0 Å². The molecule has 9 heteroatoms. The van der Waals surface area contributed by atoms with E-state index in [4.69, 9.17) is 0 Å². The summed E-state index contributed by atoms with van der Waals surface area (Å²) >= 11 is 0. The molecule has 1 heterocycles. The van der Waals surface area contributed by atoms with E-state index in [0.29, 0.717) is 6.42 Å². The van der Waals surface area contributed by atoms with Gasteiger partial charge in [0.05, 0.1) is 6.61 Å². The number of alkyl halides is 5. The van der Waals surface area contributed by atoms with Gasteiger partial charge in [-0.3, -0.25) is 0 Å². The highest BCUT2D eigenvalue weighted by molar-refractivity contribution is 6.74. The Balaban J connectivity index is 0.000000368. The zero-order valence-electron chi connectivity index (χ0n) is 14.3. The fraction of sp³-hybridized carbons (Fsp3) is 1.00. The van der Waals surface area contributed by atoms with E-state index in [1.807, 2.05) is 0 Å². The molecule has 1 aliphatic heterocycles. The number of rotatable bonds is 0. The van der Waals surface area contributed by atoms with Crippen molar-refractivity contribution in [2.75, 3.05) is 6.61 Å². The van der Waals surface area contributed by atoms with Crippen LogP contribution in [0.15, 0.2) is 0 Å². The molecule has 3 nitrogen and oxygen atoms in total. The highest BCUT2D eigenvalue weighted by Crippen LogP contribution is 2.66. The molecule has 0 spiro atoms. The number of hydrogen-bond donors (Lipinski definition) is 2. The minimum Gasteiger partial charge on any atom is -0.383 e. The highest BCUT2D eigenvalue weighted by atomic mass is 28.3. The van der Waals surface area contributed by atoms with Crippen LogP contribution in [0.4, 0.5) is 22.0 Å². The summed E-state index contributed by atoms with van der Waals surface area (Å²) in [5.41, 5.74) is -2.83. The van der Waals surface area contributed by atoms with Crippen molar-refractivity contribution < 1.29 is 36.9 Å². The third-order valence-corrected chi connectivity index (χ3v) is 5.01. The quantitative estimate of drug-likeness (QED) is 0.501. The Hall–Kier alpha value is -0.253. The monoisotopic (exact) mass is 376 g/mol. The molecule has 142 valence electrons. The second kappa shape index (κ2) is 5.62. The van der Waals surface area contributed by atoms with Crippen molar-refractivity contribution >= 4 is 8.07 Å². The molecule has 0 aromatic carbocycles. The van der Waals surface area contributed by atoms with Crippen molar-refractivity contribution in [3.05, 3.63) is 0 Å². The minimum absolute atomic E-state index is 0.251. The van der Waals surface area contributed by atoms with Gasteiger partial charge in [0.25, 0.3) is 0 Å². The third-order valence-electron chi connectivity index (χ3n) is 5.01. The van der Waals surface area contributed by atoms with Crippen molar-refractivity contribution in [1.82, 2.24) is 0 Å². The SMILES string of the molecule is C[Si](C)(C)C.OC12C3CCC(C3)C1COC(O)(C(F)(F)F)C2(F)F. The van der Waals surface area contributed by atoms with Crippen LogP contribution in [0.25, 0.3) is 0 Å². The van der Waals surface area contributed by atoms with Gasteiger partial charge in [-0.2, -0.15) is 22.0 Å². The maximum Gasteiger partial charge on any atom is 0.449 e. The summed E-state index contributed by atoms with van der Waals surface area (Å²) in [6, 6.07) is 0. The first-order chi connectivity index (χ1) is 10.6. The van der Waals surface area contributed by atoms with Crippen LogP contribution < -0.4 is 0 Å². The lowest BCUT2D eigenvalue weighted by Crippen LogP contribution is -2.76. The molecule has 2 N–H and O–H groups in total. The molecule has 5 atom stereocenters. The molecular formula is C15H25F5O3Si. The molecule has 3 aliphatic rings. The van der Waals surface area contributed by atoms with Gasteiger partial charge in [0.2, 0.25) is 0 Å². The highest BCUT2D eigenvalue weighted by Gasteiger charge is 2.85. The number of ether oxygens (including phenoxy) is 1. The van der Waals surface area contributed by atoms with Crippen LogP contribution >= 0.6 is 0 Å². The van der Waals surface area contributed by atoms with Gasteiger partial charge in [-0.1, -0.05) is 26.2 Å². The minimum atomic E-state index is -5.67. The van der Waals surface area contributed by atoms with Crippen LogP contribution in [0.1, 0.15) is 19.3 Å². The fourth-order valence-electron chi connectivity index (χ4n) is 4.03. The van der Waals surface area contributed by atoms with Crippen LogP contribution in [0, 0.1) is 17.8 Å². The second-order valence-electron chi connectivity index (χ2n) is 8.73. The summed E-state index contributed by atoms with van der Waals surface area (Å²) in [7, 11) is -0.611. The van der Waals surface area contributed by atoms with Gasteiger partial charge < -0.3 is 14.9 Å². The molecule has 3 fully saturated rings.